The predicted molar refractivity (Wildman–Crippen MR) is 321 cm³/mol. The summed E-state index contributed by atoms with van der Waals surface area (Å²) in [4.78, 5) is 87.5. The molecule has 0 heterocycles. The van der Waals surface area contributed by atoms with Crippen LogP contribution in [0.1, 0.15) is 51.8 Å². The van der Waals surface area contributed by atoms with Crippen LogP contribution in [0.2, 0.25) is 0 Å². The van der Waals surface area contributed by atoms with Gasteiger partial charge in [-0.1, -0.05) is 140 Å². The Morgan fingerprint density at radius 2 is 0.388 bits per heavy atom. The fraction of sp³-hybridized carbons (Fsp3) is 0. The van der Waals surface area contributed by atoms with Crippen LogP contribution in [0.4, 0.5) is 45.5 Å². The van der Waals surface area contributed by atoms with E-state index in [0.29, 0.717) is 28.3 Å². The van der Waals surface area contributed by atoms with E-state index in [1.807, 2.05) is 121 Å². The molecule has 438 valence electrons. The van der Waals surface area contributed by atoms with E-state index in [1.165, 1.54) is 0 Å². The number of anilines is 8. The second-order valence-electron chi connectivity index (χ2n) is 15.5. The van der Waals surface area contributed by atoms with Crippen LogP contribution in [0.3, 0.4) is 0 Å². The van der Waals surface area contributed by atoms with Crippen LogP contribution >= 0.6 is 0 Å². The largest absolute Gasteiger partial charge is 0.483 e. The summed E-state index contributed by atoms with van der Waals surface area (Å²) in [6, 6.07) is 73.5. The highest BCUT2D eigenvalue weighted by Gasteiger charge is 2.11. The molecule has 9 aromatic rings. The van der Waals surface area contributed by atoms with Crippen LogP contribution in [0.5, 0.6) is 0 Å². The summed E-state index contributed by atoms with van der Waals surface area (Å²) in [6.45, 7) is -1.00. The Balaban J connectivity index is 0.000000511. The number of hydrogen-bond acceptors (Lipinski definition) is 13. The van der Waals surface area contributed by atoms with Gasteiger partial charge in [0.15, 0.2) is 0 Å². The molecule has 9 rings (SSSR count). The normalized spacial score (nSPS) is 8.85. The Morgan fingerprint density at radius 1 is 0.235 bits per heavy atom. The fourth-order valence-corrected chi connectivity index (χ4v) is 6.40. The molecule has 85 heavy (non-hydrogen) atoms. The zero-order valence-electron chi connectivity index (χ0n) is 44.7. The van der Waals surface area contributed by atoms with Gasteiger partial charge >= 0.3 is 29.8 Å². The summed E-state index contributed by atoms with van der Waals surface area (Å²) < 4.78 is 0. The summed E-state index contributed by atoms with van der Waals surface area (Å²) in [5.41, 5.74) is 7.29. The van der Waals surface area contributed by atoms with Gasteiger partial charge in [-0.25, -0.2) is 24.0 Å². The van der Waals surface area contributed by atoms with E-state index < -0.39 is 29.8 Å². The Kier molecular flexibility index (Phi) is 35.9. The number of benzene rings is 9. The molecule has 0 bridgehead atoms. The zero-order valence-corrected chi connectivity index (χ0v) is 44.7. The fourth-order valence-electron chi connectivity index (χ4n) is 6.40. The lowest BCUT2D eigenvalue weighted by atomic mass is 10.1. The SMILES string of the molecule is O=C(O)c1ccccc1.O=C(O)c1ccccc1Nc1ccccc1.O=C(O)c1ccccc1Nc1ccccc1.O=C(O)c1ccccc1Nc1ccccc1.O=C(O)c1ccccc1Nc1ccccc1.O=CO.O=CO.O=CO.O=CO. The summed E-state index contributed by atoms with van der Waals surface area (Å²) in [5.74, 6) is -4.60. The van der Waals surface area contributed by atoms with Crippen LogP contribution < -0.4 is 21.3 Å². The van der Waals surface area contributed by atoms with Crippen LogP contribution in [-0.2, 0) is 19.2 Å². The molecule has 0 fully saturated rings. The van der Waals surface area contributed by atoms with Gasteiger partial charge in [0.2, 0.25) is 0 Å². The van der Waals surface area contributed by atoms with E-state index in [0.717, 1.165) is 22.7 Å². The molecule has 0 aliphatic carbocycles. The highest BCUT2D eigenvalue weighted by molar-refractivity contribution is 5.97. The molecule has 0 aliphatic rings. The molecular formula is C63H58N4O18. The van der Waals surface area contributed by atoms with Gasteiger partial charge < -0.3 is 67.2 Å². The molecule has 0 saturated carbocycles. The van der Waals surface area contributed by atoms with E-state index in [4.69, 9.17) is 65.1 Å². The summed E-state index contributed by atoms with van der Waals surface area (Å²) in [6.07, 6.45) is 0. The van der Waals surface area contributed by atoms with Gasteiger partial charge in [0, 0.05) is 22.7 Å². The maximum atomic E-state index is 11.0. The van der Waals surface area contributed by atoms with E-state index >= 15 is 0 Å². The topological polar surface area (TPSA) is 384 Å². The first-order valence-corrected chi connectivity index (χ1v) is 24.2. The van der Waals surface area contributed by atoms with Crippen molar-refractivity contribution in [1.29, 1.82) is 0 Å². The Morgan fingerprint density at radius 3 is 0.541 bits per heavy atom. The summed E-state index contributed by atoms with van der Waals surface area (Å²) in [5, 5.41) is 84.2. The molecule has 22 nitrogen and oxygen atoms in total. The molecule has 0 radical (unpaired) electrons. The van der Waals surface area contributed by atoms with Crippen LogP contribution in [0.15, 0.2) is 249 Å². The Hall–Kier alpha value is -12.6. The first kappa shape index (κ1) is 70.4. The van der Waals surface area contributed by atoms with Crippen molar-refractivity contribution in [3.8, 4) is 0 Å². The smallest absolute Gasteiger partial charge is 0.337 e. The number of carboxylic acid groups (broad SMARTS) is 9. The van der Waals surface area contributed by atoms with Crippen LogP contribution in [-0.4, -0.2) is 102 Å². The van der Waals surface area contributed by atoms with Crippen molar-refractivity contribution in [3.63, 3.8) is 0 Å². The van der Waals surface area contributed by atoms with Gasteiger partial charge in [0.25, 0.3) is 25.9 Å². The molecule has 0 amide bonds. The van der Waals surface area contributed by atoms with Crippen molar-refractivity contribution in [1.82, 2.24) is 0 Å². The molecule has 0 saturated heterocycles. The van der Waals surface area contributed by atoms with Crippen molar-refractivity contribution in [2.45, 2.75) is 0 Å². The average Bonchev–Trinajstić information content (AvgIpc) is 3.72. The molecule has 9 aromatic carbocycles. The highest BCUT2D eigenvalue weighted by Crippen LogP contribution is 2.24. The van der Waals surface area contributed by atoms with Crippen molar-refractivity contribution in [2.24, 2.45) is 0 Å². The lowest BCUT2D eigenvalue weighted by Crippen LogP contribution is -2.01. The summed E-state index contributed by atoms with van der Waals surface area (Å²) in [7, 11) is 0. The van der Waals surface area contributed by atoms with Crippen molar-refractivity contribution < 1.29 is 89.1 Å². The van der Waals surface area contributed by atoms with Crippen molar-refractivity contribution in [2.75, 3.05) is 21.3 Å². The van der Waals surface area contributed by atoms with Gasteiger partial charge in [-0.2, -0.15) is 0 Å². The van der Waals surface area contributed by atoms with Gasteiger partial charge in [-0.05, 0) is 109 Å². The maximum absolute atomic E-state index is 11.0. The van der Waals surface area contributed by atoms with Crippen LogP contribution in [0.25, 0.3) is 0 Å². The average molecular weight is 1160 g/mol. The maximum Gasteiger partial charge on any atom is 0.337 e. The molecule has 22 heteroatoms. The standard InChI is InChI=1S/4C13H11NO2.C7H6O2.4CH2O2/c4*15-13(16)11-8-4-5-9-12(11)14-10-6-2-1-3-7-10;8-7(9)6-4-2-1-3-5-6;4*2-1-3/h4*1-9,14H,(H,15,16);1-5H,(H,8,9);4*1H,(H,2,3). The minimum atomic E-state index is -0.931. The molecule has 0 spiro atoms. The number of hydrogen-bond donors (Lipinski definition) is 13. The number of carbonyl (C=O) groups is 9. The van der Waals surface area contributed by atoms with Crippen molar-refractivity contribution >= 4 is 101 Å². The van der Waals surface area contributed by atoms with E-state index in [9.17, 15) is 24.0 Å². The first-order chi connectivity index (χ1) is 41.0. The lowest BCUT2D eigenvalue weighted by molar-refractivity contribution is -0.123. The second kappa shape index (κ2) is 43.3. The van der Waals surface area contributed by atoms with E-state index in [1.54, 1.807) is 127 Å². The number of carboxylic acids is 5. The predicted octanol–water partition coefficient (Wildman–Crippen LogP) is 12.7. The van der Waals surface area contributed by atoms with Crippen molar-refractivity contribution in [3.05, 3.63) is 277 Å². The van der Waals surface area contributed by atoms with Gasteiger partial charge in [0.05, 0.1) is 50.6 Å². The Bertz CT molecular complexity index is 2990. The number of nitrogens with one attached hydrogen (secondary N) is 4. The van der Waals surface area contributed by atoms with E-state index in [-0.39, 0.29) is 48.1 Å². The third-order valence-corrected chi connectivity index (χ3v) is 9.86. The van der Waals surface area contributed by atoms with E-state index in [2.05, 4.69) is 21.3 Å². The van der Waals surface area contributed by atoms with Gasteiger partial charge in [0.1, 0.15) is 0 Å². The zero-order chi connectivity index (χ0) is 63.0. The highest BCUT2D eigenvalue weighted by atomic mass is 16.4. The Labute approximate surface area is 486 Å². The molecular weight excluding hydrogens is 1100 g/mol. The third-order valence-electron chi connectivity index (χ3n) is 9.86. The first-order valence-electron chi connectivity index (χ1n) is 24.2. The quantitative estimate of drug-likeness (QED) is 0.0477. The van der Waals surface area contributed by atoms with Gasteiger partial charge in [-0.3, -0.25) is 19.2 Å². The number of rotatable bonds is 13. The monoisotopic (exact) mass is 1160 g/mol. The molecule has 0 atom stereocenters. The molecule has 0 aliphatic heterocycles. The summed E-state index contributed by atoms with van der Waals surface area (Å²) >= 11 is 0. The molecule has 0 unspecified atom stereocenters. The number of aromatic carboxylic acids is 5. The minimum Gasteiger partial charge on any atom is -0.483 e. The molecule has 0 aromatic heterocycles. The minimum absolute atomic E-state index is 0.250. The van der Waals surface area contributed by atoms with Crippen LogP contribution in [0, 0.1) is 0 Å². The molecule has 13 N–H and O–H groups in total. The number of para-hydroxylation sites is 8. The lowest BCUT2D eigenvalue weighted by Gasteiger charge is -2.08. The second-order valence-corrected chi connectivity index (χ2v) is 15.5. The van der Waals surface area contributed by atoms with Gasteiger partial charge in [-0.15, -0.1) is 0 Å². The third kappa shape index (κ3) is 29.8.